The SMILES string of the molecule is COc1cncc(C(N)c2ccoc2C)c1. The van der Waals surface area contributed by atoms with Crippen molar-refractivity contribution in [3.05, 3.63) is 47.7 Å². The number of hydrogen-bond acceptors (Lipinski definition) is 4. The van der Waals surface area contributed by atoms with E-state index in [0.717, 1.165) is 16.9 Å². The van der Waals surface area contributed by atoms with E-state index in [1.165, 1.54) is 0 Å². The summed E-state index contributed by atoms with van der Waals surface area (Å²) in [5.74, 6) is 1.53. The molecule has 16 heavy (non-hydrogen) atoms. The number of rotatable bonds is 3. The third-order valence-corrected chi connectivity index (χ3v) is 2.56. The molecule has 2 rings (SSSR count). The number of hydrogen-bond donors (Lipinski definition) is 1. The number of aromatic nitrogens is 1. The summed E-state index contributed by atoms with van der Waals surface area (Å²) in [6.45, 7) is 1.89. The molecule has 0 spiro atoms. The highest BCUT2D eigenvalue weighted by molar-refractivity contribution is 5.34. The highest BCUT2D eigenvalue weighted by Crippen LogP contribution is 2.24. The fourth-order valence-electron chi connectivity index (χ4n) is 1.61. The number of ether oxygens (including phenoxy) is 1. The van der Waals surface area contributed by atoms with Crippen LogP contribution in [0.25, 0.3) is 0 Å². The van der Waals surface area contributed by atoms with Crippen LogP contribution in [0, 0.1) is 6.92 Å². The molecule has 0 saturated carbocycles. The van der Waals surface area contributed by atoms with E-state index in [2.05, 4.69) is 4.98 Å². The monoisotopic (exact) mass is 218 g/mol. The molecule has 4 heteroatoms. The molecule has 0 radical (unpaired) electrons. The van der Waals surface area contributed by atoms with Gasteiger partial charge in [-0.1, -0.05) is 0 Å². The zero-order chi connectivity index (χ0) is 11.5. The Bertz CT molecular complexity index is 479. The molecule has 2 heterocycles. The second kappa shape index (κ2) is 4.37. The summed E-state index contributed by atoms with van der Waals surface area (Å²) in [6, 6.07) is 3.52. The molecule has 4 nitrogen and oxygen atoms in total. The Morgan fingerprint density at radius 2 is 2.25 bits per heavy atom. The quantitative estimate of drug-likeness (QED) is 0.856. The van der Waals surface area contributed by atoms with Gasteiger partial charge in [0.1, 0.15) is 11.5 Å². The lowest BCUT2D eigenvalue weighted by Gasteiger charge is -2.11. The fourth-order valence-corrected chi connectivity index (χ4v) is 1.61. The van der Waals surface area contributed by atoms with E-state index >= 15 is 0 Å². The first-order chi connectivity index (χ1) is 7.72. The molecule has 1 unspecified atom stereocenters. The zero-order valence-electron chi connectivity index (χ0n) is 9.31. The van der Waals surface area contributed by atoms with Crippen molar-refractivity contribution < 1.29 is 9.15 Å². The van der Waals surface area contributed by atoms with Crippen LogP contribution in [0.2, 0.25) is 0 Å². The number of pyridine rings is 1. The van der Waals surface area contributed by atoms with Crippen LogP contribution in [0.15, 0.2) is 35.2 Å². The molecule has 0 fully saturated rings. The van der Waals surface area contributed by atoms with Crippen molar-refractivity contribution in [1.82, 2.24) is 4.98 Å². The van der Waals surface area contributed by atoms with E-state index in [0.29, 0.717) is 5.75 Å². The smallest absolute Gasteiger partial charge is 0.137 e. The van der Waals surface area contributed by atoms with Crippen molar-refractivity contribution in [2.75, 3.05) is 7.11 Å². The Balaban J connectivity index is 2.33. The molecule has 2 aromatic rings. The van der Waals surface area contributed by atoms with Gasteiger partial charge >= 0.3 is 0 Å². The van der Waals surface area contributed by atoms with Gasteiger partial charge in [0.2, 0.25) is 0 Å². The molecule has 2 N–H and O–H groups in total. The van der Waals surface area contributed by atoms with Crippen molar-refractivity contribution in [1.29, 1.82) is 0 Å². The van der Waals surface area contributed by atoms with Crippen LogP contribution in [0.1, 0.15) is 22.9 Å². The van der Waals surface area contributed by atoms with Crippen molar-refractivity contribution in [3.63, 3.8) is 0 Å². The lowest BCUT2D eigenvalue weighted by atomic mass is 10.0. The van der Waals surface area contributed by atoms with Crippen LogP contribution in [0.4, 0.5) is 0 Å². The number of aryl methyl sites for hydroxylation is 1. The van der Waals surface area contributed by atoms with Gasteiger partial charge in [-0.2, -0.15) is 0 Å². The lowest BCUT2D eigenvalue weighted by molar-refractivity contribution is 0.412. The van der Waals surface area contributed by atoms with Crippen LogP contribution >= 0.6 is 0 Å². The van der Waals surface area contributed by atoms with Crippen molar-refractivity contribution in [3.8, 4) is 5.75 Å². The first-order valence-corrected chi connectivity index (χ1v) is 5.01. The highest BCUT2D eigenvalue weighted by Gasteiger charge is 2.14. The number of furan rings is 1. The zero-order valence-corrected chi connectivity index (χ0v) is 9.31. The normalized spacial score (nSPS) is 12.4. The van der Waals surface area contributed by atoms with Gasteiger partial charge in [0, 0.05) is 11.8 Å². The summed E-state index contributed by atoms with van der Waals surface area (Å²) in [4.78, 5) is 4.08. The summed E-state index contributed by atoms with van der Waals surface area (Å²) in [5, 5.41) is 0. The molecule has 0 aliphatic carbocycles. The minimum absolute atomic E-state index is 0.235. The molecule has 84 valence electrons. The van der Waals surface area contributed by atoms with Crippen LogP contribution in [0.3, 0.4) is 0 Å². The van der Waals surface area contributed by atoms with E-state index in [9.17, 15) is 0 Å². The predicted octanol–water partition coefficient (Wildman–Crippen LogP) is 2.04. The minimum Gasteiger partial charge on any atom is -0.495 e. The van der Waals surface area contributed by atoms with Crippen LogP contribution in [-0.2, 0) is 0 Å². The van der Waals surface area contributed by atoms with Gasteiger partial charge in [-0.05, 0) is 24.6 Å². The summed E-state index contributed by atoms with van der Waals surface area (Å²) >= 11 is 0. The van der Waals surface area contributed by atoms with E-state index < -0.39 is 0 Å². The molecule has 2 aromatic heterocycles. The molecule has 0 amide bonds. The Morgan fingerprint density at radius 3 is 2.88 bits per heavy atom. The summed E-state index contributed by atoms with van der Waals surface area (Å²) < 4.78 is 10.3. The van der Waals surface area contributed by atoms with Gasteiger partial charge in [-0.25, -0.2) is 0 Å². The number of methoxy groups -OCH3 is 1. The average Bonchev–Trinajstić information content (AvgIpc) is 2.74. The molecular formula is C12H14N2O2. The first kappa shape index (κ1) is 10.7. The summed E-state index contributed by atoms with van der Waals surface area (Å²) in [6.07, 6.45) is 5.02. The van der Waals surface area contributed by atoms with Crippen LogP contribution in [-0.4, -0.2) is 12.1 Å². The molecule has 0 bridgehead atoms. The standard InChI is InChI=1S/C12H14N2O2/c1-8-11(3-4-16-8)12(13)9-5-10(15-2)7-14-6-9/h3-7,12H,13H2,1-2H3. The molecule has 1 atom stereocenters. The largest absolute Gasteiger partial charge is 0.495 e. The molecule has 0 aliphatic rings. The van der Waals surface area contributed by atoms with Gasteiger partial charge in [0.05, 0.1) is 25.6 Å². The van der Waals surface area contributed by atoms with Crippen LogP contribution < -0.4 is 10.5 Å². The summed E-state index contributed by atoms with van der Waals surface area (Å²) in [7, 11) is 1.61. The first-order valence-electron chi connectivity index (χ1n) is 5.01. The van der Waals surface area contributed by atoms with Crippen LogP contribution in [0.5, 0.6) is 5.75 Å². The van der Waals surface area contributed by atoms with Gasteiger partial charge < -0.3 is 14.9 Å². The molecule has 0 aromatic carbocycles. The number of nitrogens with two attached hydrogens (primary N) is 1. The Labute approximate surface area is 94.1 Å². The van der Waals surface area contributed by atoms with E-state index in [-0.39, 0.29) is 6.04 Å². The minimum atomic E-state index is -0.235. The average molecular weight is 218 g/mol. The van der Waals surface area contributed by atoms with Crippen molar-refractivity contribution in [2.45, 2.75) is 13.0 Å². The highest BCUT2D eigenvalue weighted by atomic mass is 16.5. The second-order valence-corrected chi connectivity index (χ2v) is 3.57. The third kappa shape index (κ3) is 1.92. The lowest BCUT2D eigenvalue weighted by Crippen LogP contribution is -2.12. The third-order valence-electron chi connectivity index (χ3n) is 2.56. The topological polar surface area (TPSA) is 61.3 Å². The van der Waals surface area contributed by atoms with E-state index in [4.69, 9.17) is 14.9 Å². The Kier molecular flexibility index (Phi) is 2.92. The Hall–Kier alpha value is -1.81. The maximum absolute atomic E-state index is 6.13. The second-order valence-electron chi connectivity index (χ2n) is 3.57. The molecule has 0 aliphatic heterocycles. The van der Waals surface area contributed by atoms with E-state index in [1.54, 1.807) is 25.8 Å². The molecule has 0 saturated heterocycles. The predicted molar refractivity (Wildman–Crippen MR) is 60.3 cm³/mol. The maximum atomic E-state index is 6.13. The van der Waals surface area contributed by atoms with Gasteiger partial charge in [0.25, 0.3) is 0 Å². The van der Waals surface area contributed by atoms with Crippen molar-refractivity contribution >= 4 is 0 Å². The van der Waals surface area contributed by atoms with Crippen molar-refractivity contribution in [2.24, 2.45) is 5.73 Å². The maximum Gasteiger partial charge on any atom is 0.137 e. The van der Waals surface area contributed by atoms with Gasteiger partial charge in [-0.15, -0.1) is 0 Å². The summed E-state index contributed by atoms with van der Waals surface area (Å²) in [5.41, 5.74) is 8.00. The fraction of sp³-hybridized carbons (Fsp3) is 0.250. The van der Waals surface area contributed by atoms with E-state index in [1.807, 2.05) is 19.1 Å². The molecular weight excluding hydrogens is 204 g/mol. The van der Waals surface area contributed by atoms with Gasteiger partial charge in [0.15, 0.2) is 0 Å². The van der Waals surface area contributed by atoms with Gasteiger partial charge in [-0.3, -0.25) is 4.98 Å². The Morgan fingerprint density at radius 1 is 1.44 bits per heavy atom. The number of nitrogens with zero attached hydrogens (tertiary/aromatic N) is 1.